The summed E-state index contributed by atoms with van der Waals surface area (Å²) in [5.41, 5.74) is 0.255. The van der Waals surface area contributed by atoms with Crippen molar-refractivity contribution in [3.05, 3.63) is 65.5 Å². The quantitative estimate of drug-likeness (QED) is 0.888. The van der Waals surface area contributed by atoms with E-state index in [1.54, 1.807) is 18.2 Å². The smallest absolute Gasteiger partial charge is 0.387 e. The molecule has 0 heterocycles. The van der Waals surface area contributed by atoms with E-state index in [2.05, 4.69) is 10.1 Å². The van der Waals surface area contributed by atoms with Crippen molar-refractivity contribution < 1.29 is 22.7 Å². The van der Waals surface area contributed by atoms with Crippen LogP contribution in [0, 0.1) is 5.82 Å². The van der Waals surface area contributed by atoms with E-state index in [4.69, 9.17) is 0 Å². The number of carbonyl (C=O) groups is 1. The van der Waals surface area contributed by atoms with Gasteiger partial charge in [0.25, 0.3) is 5.91 Å². The number of amides is 1. The van der Waals surface area contributed by atoms with Crippen LogP contribution in [0.4, 0.5) is 13.2 Å². The lowest BCUT2D eigenvalue weighted by Crippen LogP contribution is -2.50. The van der Waals surface area contributed by atoms with E-state index in [-0.39, 0.29) is 17.1 Å². The predicted octanol–water partition coefficient (Wildman–Crippen LogP) is 4.24. The fourth-order valence-electron chi connectivity index (χ4n) is 2.92. The molecule has 0 radical (unpaired) electrons. The van der Waals surface area contributed by atoms with Crippen molar-refractivity contribution in [1.29, 1.82) is 0 Å². The second-order valence-electron chi connectivity index (χ2n) is 5.77. The first-order chi connectivity index (χ1) is 11.5. The molecule has 126 valence electrons. The van der Waals surface area contributed by atoms with Gasteiger partial charge < -0.3 is 10.1 Å². The summed E-state index contributed by atoms with van der Waals surface area (Å²) in [4.78, 5) is 12.6. The van der Waals surface area contributed by atoms with Crippen molar-refractivity contribution in [1.82, 2.24) is 5.32 Å². The number of hydrogen-bond acceptors (Lipinski definition) is 2. The number of hydrogen-bond donors (Lipinski definition) is 1. The van der Waals surface area contributed by atoms with Gasteiger partial charge >= 0.3 is 6.61 Å². The molecular weight excluding hydrogens is 319 g/mol. The van der Waals surface area contributed by atoms with Gasteiger partial charge in [0.15, 0.2) is 0 Å². The molecule has 6 heteroatoms. The zero-order chi connectivity index (χ0) is 17.2. The fourth-order valence-corrected chi connectivity index (χ4v) is 2.92. The number of para-hydroxylation sites is 1. The summed E-state index contributed by atoms with van der Waals surface area (Å²) in [6.45, 7) is -3.01. The van der Waals surface area contributed by atoms with Crippen LogP contribution in [0.2, 0.25) is 0 Å². The van der Waals surface area contributed by atoms with Crippen LogP contribution in [-0.4, -0.2) is 12.5 Å². The van der Waals surface area contributed by atoms with Gasteiger partial charge in [0.2, 0.25) is 0 Å². The van der Waals surface area contributed by atoms with Gasteiger partial charge in [-0.2, -0.15) is 8.78 Å². The van der Waals surface area contributed by atoms with Crippen molar-refractivity contribution in [2.45, 2.75) is 31.4 Å². The van der Waals surface area contributed by atoms with E-state index in [1.807, 2.05) is 0 Å². The second kappa shape index (κ2) is 6.55. The third kappa shape index (κ3) is 3.22. The number of carbonyl (C=O) groups excluding carboxylic acids is 1. The highest BCUT2D eigenvalue weighted by atomic mass is 19.3. The summed E-state index contributed by atoms with van der Waals surface area (Å²) >= 11 is 0. The molecule has 0 atom stereocenters. The average molecular weight is 335 g/mol. The van der Waals surface area contributed by atoms with E-state index in [0.717, 1.165) is 12.0 Å². The van der Waals surface area contributed by atoms with E-state index in [1.165, 1.54) is 30.3 Å². The summed E-state index contributed by atoms with van der Waals surface area (Å²) in [7, 11) is 0. The predicted molar refractivity (Wildman–Crippen MR) is 82.5 cm³/mol. The minimum Gasteiger partial charge on any atom is -0.434 e. The summed E-state index contributed by atoms with van der Waals surface area (Å²) < 4.78 is 42.5. The van der Waals surface area contributed by atoms with Crippen molar-refractivity contribution >= 4 is 5.91 Å². The molecule has 1 saturated carbocycles. The monoisotopic (exact) mass is 335 g/mol. The molecule has 0 saturated heterocycles. The third-order valence-electron chi connectivity index (χ3n) is 4.30. The maximum absolute atomic E-state index is 13.1. The molecular formula is C18H16F3NO2. The Morgan fingerprint density at radius 3 is 2.33 bits per heavy atom. The highest BCUT2D eigenvalue weighted by molar-refractivity contribution is 5.97. The van der Waals surface area contributed by atoms with Crippen LogP contribution in [0.25, 0.3) is 0 Å². The molecule has 1 amide bonds. The molecule has 1 N–H and O–H groups in total. The van der Waals surface area contributed by atoms with Crippen LogP contribution in [-0.2, 0) is 5.54 Å². The van der Waals surface area contributed by atoms with Crippen molar-refractivity contribution in [2.75, 3.05) is 0 Å². The van der Waals surface area contributed by atoms with Gasteiger partial charge in [-0.15, -0.1) is 0 Å². The van der Waals surface area contributed by atoms with Gasteiger partial charge in [0.1, 0.15) is 11.6 Å². The Hall–Kier alpha value is -2.50. The summed E-state index contributed by atoms with van der Waals surface area (Å²) in [6.07, 6.45) is 2.34. The van der Waals surface area contributed by atoms with Crippen molar-refractivity contribution in [3.8, 4) is 5.75 Å². The third-order valence-corrected chi connectivity index (χ3v) is 4.30. The van der Waals surface area contributed by atoms with Crippen LogP contribution in [0.3, 0.4) is 0 Å². The zero-order valence-electron chi connectivity index (χ0n) is 12.8. The maximum atomic E-state index is 13.1. The lowest BCUT2D eigenvalue weighted by Gasteiger charge is -2.43. The lowest BCUT2D eigenvalue weighted by atomic mass is 9.71. The highest BCUT2D eigenvalue weighted by Crippen LogP contribution is 2.41. The molecule has 0 aromatic heterocycles. The maximum Gasteiger partial charge on any atom is 0.387 e. The van der Waals surface area contributed by atoms with Crippen LogP contribution in [0.15, 0.2) is 48.5 Å². The topological polar surface area (TPSA) is 38.3 Å². The second-order valence-corrected chi connectivity index (χ2v) is 5.77. The molecule has 2 aromatic carbocycles. The summed E-state index contributed by atoms with van der Waals surface area (Å²) in [5, 5.41) is 2.91. The SMILES string of the molecule is O=C(NC1(c2ccc(F)cc2)CCC1)c1ccccc1OC(F)F. The minimum absolute atomic E-state index is 0.0474. The molecule has 1 aliphatic rings. The Kier molecular flexibility index (Phi) is 4.46. The largest absolute Gasteiger partial charge is 0.434 e. The molecule has 0 unspecified atom stereocenters. The zero-order valence-corrected chi connectivity index (χ0v) is 12.8. The normalized spacial score (nSPS) is 15.7. The Morgan fingerprint density at radius 2 is 1.75 bits per heavy atom. The Bertz CT molecular complexity index is 727. The standard InChI is InChI=1S/C18H16F3NO2/c19-13-8-6-12(7-9-13)18(10-3-11-18)22-16(23)14-4-1-2-5-15(14)24-17(20)21/h1-2,4-9,17H,3,10-11H2,(H,22,23). The van der Waals surface area contributed by atoms with E-state index in [0.29, 0.717) is 12.8 Å². The van der Waals surface area contributed by atoms with E-state index in [9.17, 15) is 18.0 Å². The van der Waals surface area contributed by atoms with Crippen LogP contribution in [0.1, 0.15) is 35.2 Å². The lowest BCUT2D eigenvalue weighted by molar-refractivity contribution is -0.0502. The number of alkyl halides is 2. The van der Waals surface area contributed by atoms with E-state index < -0.39 is 18.1 Å². The molecule has 0 bridgehead atoms. The van der Waals surface area contributed by atoms with Crippen molar-refractivity contribution in [3.63, 3.8) is 0 Å². The summed E-state index contributed by atoms with van der Waals surface area (Å²) in [5.74, 6) is -1.01. The van der Waals surface area contributed by atoms with E-state index >= 15 is 0 Å². The number of rotatable bonds is 5. The summed E-state index contributed by atoms with van der Waals surface area (Å²) in [6, 6.07) is 11.8. The van der Waals surface area contributed by atoms with Crippen LogP contribution < -0.4 is 10.1 Å². The Labute approximate surface area is 137 Å². The minimum atomic E-state index is -3.01. The number of nitrogens with one attached hydrogen (secondary N) is 1. The van der Waals surface area contributed by atoms with Crippen LogP contribution >= 0.6 is 0 Å². The van der Waals surface area contributed by atoms with Gasteiger partial charge in [0.05, 0.1) is 11.1 Å². The first kappa shape index (κ1) is 16.4. The van der Waals surface area contributed by atoms with Crippen LogP contribution in [0.5, 0.6) is 5.75 Å². The molecule has 1 aliphatic carbocycles. The first-order valence-corrected chi connectivity index (χ1v) is 7.63. The molecule has 1 fully saturated rings. The number of benzene rings is 2. The van der Waals surface area contributed by atoms with Crippen molar-refractivity contribution in [2.24, 2.45) is 0 Å². The number of halogens is 3. The number of ether oxygens (including phenoxy) is 1. The highest BCUT2D eigenvalue weighted by Gasteiger charge is 2.40. The molecule has 2 aromatic rings. The van der Waals surface area contributed by atoms with Gasteiger partial charge in [-0.3, -0.25) is 4.79 Å². The average Bonchev–Trinajstić information content (AvgIpc) is 2.51. The van der Waals surface area contributed by atoms with Gasteiger partial charge in [-0.05, 0) is 49.1 Å². The van der Waals surface area contributed by atoms with Gasteiger partial charge in [-0.1, -0.05) is 24.3 Å². The Balaban J connectivity index is 1.84. The Morgan fingerprint density at radius 1 is 1.08 bits per heavy atom. The van der Waals surface area contributed by atoms with Gasteiger partial charge in [-0.25, -0.2) is 4.39 Å². The van der Waals surface area contributed by atoms with Gasteiger partial charge in [0, 0.05) is 0 Å². The molecule has 3 rings (SSSR count). The fraction of sp³-hybridized carbons (Fsp3) is 0.278. The first-order valence-electron chi connectivity index (χ1n) is 7.63. The molecule has 0 spiro atoms. The molecule has 24 heavy (non-hydrogen) atoms. The molecule has 3 nitrogen and oxygen atoms in total. The molecule has 0 aliphatic heterocycles.